The number of halogens is 2. The quantitative estimate of drug-likeness (QED) is 0.850. The number of anilines is 2. The minimum absolute atomic E-state index is 0.228. The van der Waals surface area contributed by atoms with E-state index >= 15 is 0 Å². The fraction of sp³-hybridized carbons (Fsp3) is 0.0833. The van der Waals surface area contributed by atoms with Crippen LogP contribution in [0.3, 0.4) is 0 Å². The van der Waals surface area contributed by atoms with Gasteiger partial charge >= 0.3 is 0 Å². The molecule has 0 amide bonds. The Bertz CT molecular complexity index is 646. The first kappa shape index (κ1) is 14.0. The van der Waals surface area contributed by atoms with E-state index in [1.807, 2.05) is 6.92 Å². The third-order valence-corrected chi connectivity index (χ3v) is 3.43. The zero-order chi connectivity index (χ0) is 14.0. The van der Waals surface area contributed by atoms with Crippen molar-refractivity contribution >= 4 is 51.9 Å². The van der Waals surface area contributed by atoms with Crippen LogP contribution < -0.4 is 11.1 Å². The number of nitrogens with zero attached hydrogens (tertiary/aromatic N) is 2. The molecule has 0 unspecified atom stereocenters. The number of hydrogen-bond donors (Lipinski definition) is 2. The molecule has 7 heteroatoms. The summed E-state index contributed by atoms with van der Waals surface area (Å²) in [6, 6.07) is 5.17. The first-order chi connectivity index (χ1) is 8.99. The maximum absolute atomic E-state index is 6.15. The third-order valence-electron chi connectivity index (χ3n) is 2.49. The first-order valence-corrected chi connectivity index (χ1v) is 6.49. The SMILES string of the molecule is Cc1cc(Cl)c(Nc2nnccc2C(N)=S)cc1Cl. The lowest BCUT2D eigenvalue weighted by Crippen LogP contribution is -2.13. The second-order valence-corrected chi connectivity index (χ2v) is 5.12. The molecular weight excluding hydrogens is 303 g/mol. The van der Waals surface area contributed by atoms with Gasteiger partial charge in [-0.3, -0.25) is 0 Å². The van der Waals surface area contributed by atoms with E-state index in [9.17, 15) is 0 Å². The molecule has 1 aromatic heterocycles. The molecule has 0 aliphatic rings. The standard InChI is InChI=1S/C12H10Cl2N4S/c1-6-4-9(14)10(5-8(6)13)17-12-7(11(15)19)2-3-16-18-12/h2-5H,1H3,(H2,15,19)(H,17,18). The number of rotatable bonds is 3. The molecule has 0 saturated heterocycles. The second-order valence-electron chi connectivity index (χ2n) is 3.86. The summed E-state index contributed by atoms with van der Waals surface area (Å²) in [6.07, 6.45) is 1.52. The largest absolute Gasteiger partial charge is 0.389 e. The summed E-state index contributed by atoms with van der Waals surface area (Å²) in [5.41, 5.74) is 7.74. The molecule has 98 valence electrons. The smallest absolute Gasteiger partial charge is 0.163 e. The highest BCUT2D eigenvalue weighted by Gasteiger charge is 2.10. The Balaban J connectivity index is 2.42. The fourth-order valence-corrected chi connectivity index (χ4v) is 2.09. The van der Waals surface area contributed by atoms with E-state index in [1.54, 1.807) is 18.2 Å². The lowest BCUT2D eigenvalue weighted by atomic mass is 10.2. The minimum atomic E-state index is 0.228. The lowest BCUT2D eigenvalue weighted by Gasteiger charge is -2.11. The van der Waals surface area contributed by atoms with E-state index in [1.165, 1.54) is 6.20 Å². The number of aromatic nitrogens is 2. The van der Waals surface area contributed by atoms with Gasteiger partial charge in [0, 0.05) is 5.02 Å². The summed E-state index contributed by atoms with van der Waals surface area (Å²) in [6.45, 7) is 1.88. The van der Waals surface area contributed by atoms with Crippen molar-refractivity contribution in [2.75, 3.05) is 5.32 Å². The molecule has 0 spiro atoms. The Morgan fingerprint density at radius 1 is 1.32 bits per heavy atom. The molecule has 0 bridgehead atoms. The molecule has 0 atom stereocenters. The Labute approximate surface area is 125 Å². The third kappa shape index (κ3) is 3.12. The van der Waals surface area contributed by atoms with Gasteiger partial charge in [0.25, 0.3) is 0 Å². The number of benzene rings is 1. The summed E-state index contributed by atoms with van der Waals surface area (Å²) >= 11 is 17.2. The zero-order valence-corrected chi connectivity index (χ0v) is 12.3. The Morgan fingerprint density at radius 3 is 2.74 bits per heavy atom. The van der Waals surface area contributed by atoms with E-state index in [4.69, 9.17) is 41.2 Å². The van der Waals surface area contributed by atoms with Gasteiger partial charge in [-0.25, -0.2) is 0 Å². The molecule has 4 nitrogen and oxygen atoms in total. The molecule has 19 heavy (non-hydrogen) atoms. The summed E-state index contributed by atoms with van der Waals surface area (Å²) in [7, 11) is 0. The molecule has 0 fully saturated rings. The van der Waals surface area contributed by atoms with Crippen LogP contribution in [0.1, 0.15) is 11.1 Å². The molecule has 2 rings (SSSR count). The van der Waals surface area contributed by atoms with Crippen LogP contribution in [0, 0.1) is 6.92 Å². The van der Waals surface area contributed by atoms with Gasteiger partial charge in [-0.2, -0.15) is 5.10 Å². The predicted octanol–water partition coefficient (Wildman–Crippen LogP) is 3.47. The monoisotopic (exact) mass is 312 g/mol. The van der Waals surface area contributed by atoms with E-state index in [0.717, 1.165) is 5.56 Å². The average molecular weight is 313 g/mol. The van der Waals surface area contributed by atoms with Crippen molar-refractivity contribution in [3.05, 3.63) is 45.6 Å². The predicted molar refractivity (Wildman–Crippen MR) is 82.4 cm³/mol. The van der Waals surface area contributed by atoms with E-state index in [0.29, 0.717) is 27.1 Å². The second kappa shape index (κ2) is 5.69. The van der Waals surface area contributed by atoms with Gasteiger partial charge in [-0.05, 0) is 30.7 Å². The van der Waals surface area contributed by atoms with Gasteiger partial charge in [-0.15, -0.1) is 5.10 Å². The molecule has 0 aliphatic carbocycles. The Kier molecular flexibility index (Phi) is 4.19. The summed E-state index contributed by atoms with van der Waals surface area (Å²) < 4.78 is 0. The molecule has 3 N–H and O–H groups in total. The van der Waals surface area contributed by atoms with Gasteiger partial charge in [0.1, 0.15) is 4.99 Å². The van der Waals surface area contributed by atoms with Gasteiger partial charge in [0.05, 0.1) is 22.5 Å². The topological polar surface area (TPSA) is 63.8 Å². The molecule has 0 radical (unpaired) electrons. The van der Waals surface area contributed by atoms with Gasteiger partial charge in [-0.1, -0.05) is 35.4 Å². The van der Waals surface area contributed by atoms with Crippen LogP contribution in [0.4, 0.5) is 11.5 Å². The first-order valence-electron chi connectivity index (χ1n) is 5.33. The van der Waals surface area contributed by atoms with Crippen molar-refractivity contribution in [1.82, 2.24) is 10.2 Å². The fourth-order valence-electron chi connectivity index (χ4n) is 1.49. The number of aryl methyl sites for hydroxylation is 1. The van der Waals surface area contributed by atoms with Crippen LogP contribution in [0.15, 0.2) is 24.4 Å². The number of nitrogens with two attached hydrogens (primary N) is 1. The number of thiocarbonyl (C=S) groups is 1. The van der Waals surface area contributed by atoms with Crippen LogP contribution in [-0.2, 0) is 0 Å². The normalized spacial score (nSPS) is 10.3. The number of hydrogen-bond acceptors (Lipinski definition) is 4. The van der Waals surface area contributed by atoms with Crippen molar-refractivity contribution in [2.24, 2.45) is 5.73 Å². The molecule has 0 aliphatic heterocycles. The van der Waals surface area contributed by atoms with Crippen LogP contribution in [-0.4, -0.2) is 15.2 Å². The summed E-state index contributed by atoms with van der Waals surface area (Å²) in [5, 5.41) is 11.9. The molecule has 1 heterocycles. The molecule has 0 saturated carbocycles. The highest BCUT2D eigenvalue weighted by Crippen LogP contribution is 2.31. The van der Waals surface area contributed by atoms with Crippen LogP contribution in [0.5, 0.6) is 0 Å². The molecular formula is C12H10Cl2N4S. The summed E-state index contributed by atoms with van der Waals surface area (Å²) in [4.78, 5) is 0.228. The lowest BCUT2D eigenvalue weighted by molar-refractivity contribution is 1.03. The Morgan fingerprint density at radius 2 is 2.05 bits per heavy atom. The van der Waals surface area contributed by atoms with Crippen molar-refractivity contribution in [2.45, 2.75) is 6.92 Å². The van der Waals surface area contributed by atoms with Gasteiger partial charge in [0.2, 0.25) is 0 Å². The van der Waals surface area contributed by atoms with Crippen molar-refractivity contribution in [3.8, 4) is 0 Å². The maximum atomic E-state index is 6.15. The molecule has 1 aromatic carbocycles. The van der Waals surface area contributed by atoms with Gasteiger partial charge in [0.15, 0.2) is 5.82 Å². The highest BCUT2D eigenvalue weighted by molar-refractivity contribution is 7.80. The summed E-state index contributed by atoms with van der Waals surface area (Å²) in [5.74, 6) is 0.441. The van der Waals surface area contributed by atoms with Crippen molar-refractivity contribution in [1.29, 1.82) is 0 Å². The van der Waals surface area contributed by atoms with Crippen molar-refractivity contribution in [3.63, 3.8) is 0 Å². The van der Waals surface area contributed by atoms with Gasteiger partial charge < -0.3 is 11.1 Å². The highest BCUT2D eigenvalue weighted by atomic mass is 35.5. The average Bonchev–Trinajstić information content (AvgIpc) is 2.36. The zero-order valence-electron chi connectivity index (χ0n) is 9.95. The van der Waals surface area contributed by atoms with Crippen LogP contribution >= 0.6 is 35.4 Å². The molecule has 2 aromatic rings. The maximum Gasteiger partial charge on any atom is 0.163 e. The number of nitrogens with one attached hydrogen (secondary N) is 1. The van der Waals surface area contributed by atoms with E-state index < -0.39 is 0 Å². The minimum Gasteiger partial charge on any atom is -0.389 e. The van der Waals surface area contributed by atoms with Crippen molar-refractivity contribution < 1.29 is 0 Å². The Hall–Kier alpha value is -1.43. The van der Waals surface area contributed by atoms with E-state index in [2.05, 4.69) is 15.5 Å². The van der Waals surface area contributed by atoms with Crippen LogP contribution in [0.2, 0.25) is 10.0 Å². The van der Waals surface area contributed by atoms with E-state index in [-0.39, 0.29) is 4.99 Å². The van der Waals surface area contributed by atoms with Crippen LogP contribution in [0.25, 0.3) is 0 Å².